The van der Waals surface area contributed by atoms with Crippen LogP contribution in [0.2, 0.25) is 0 Å². The van der Waals surface area contributed by atoms with E-state index in [1.54, 1.807) is 18.2 Å². The molecule has 0 radical (unpaired) electrons. The number of hydrogen-bond donors (Lipinski definition) is 2. The summed E-state index contributed by atoms with van der Waals surface area (Å²) in [6.07, 6.45) is 17.9. The number of carboxylic acid groups (broad SMARTS) is 2. The van der Waals surface area contributed by atoms with Crippen molar-refractivity contribution in [3.8, 4) is 0 Å². The summed E-state index contributed by atoms with van der Waals surface area (Å²) in [5.74, 6) is -1.90. The zero-order chi connectivity index (χ0) is 22.9. The van der Waals surface area contributed by atoms with Crippen molar-refractivity contribution in [1.82, 2.24) is 0 Å². The fraction of sp³-hybridized carbons (Fsp3) is 0.520. The number of unbranched alkanes of at least 4 members (excludes halogenated alkanes) is 7. The second-order valence-electron chi connectivity index (χ2n) is 7.70. The molecule has 0 amide bonds. The summed E-state index contributed by atoms with van der Waals surface area (Å²) in [5, 5.41) is 17.7. The van der Waals surface area contributed by atoms with E-state index >= 15 is 0 Å². The first-order valence-electron chi connectivity index (χ1n) is 11.2. The van der Waals surface area contributed by atoms with E-state index in [4.69, 9.17) is 10.2 Å². The van der Waals surface area contributed by atoms with Crippen LogP contribution in [0.3, 0.4) is 0 Å². The fourth-order valence-electron chi connectivity index (χ4n) is 3.23. The summed E-state index contributed by atoms with van der Waals surface area (Å²) in [5.41, 5.74) is 0.955. The summed E-state index contributed by atoms with van der Waals surface area (Å²) in [4.78, 5) is 22.0. The van der Waals surface area contributed by atoms with Gasteiger partial charge in [0.05, 0.1) is 12.0 Å². The van der Waals surface area contributed by atoms with Crippen LogP contribution < -0.4 is 0 Å². The van der Waals surface area contributed by atoms with Crippen LogP contribution in [0, 0.1) is 0 Å². The third-order valence-electron chi connectivity index (χ3n) is 5.01. The standard InChI is InChI=1S/C25H36O5S/c1-2-3-4-5-6-7-8-9-10-11-12-16-23(31(30)18-17-24(26)27)20-21-14-13-15-22(19-21)25(28)29/h10-16,19,23H,2-9,17-18,20H2,1H3,(H,26,27)(H,28,29)/b11-10-,16-12+/t23-,31?/m0/s1. The molecular weight excluding hydrogens is 412 g/mol. The van der Waals surface area contributed by atoms with Gasteiger partial charge in [-0.2, -0.15) is 0 Å². The number of benzene rings is 1. The van der Waals surface area contributed by atoms with E-state index in [1.807, 2.05) is 18.2 Å². The van der Waals surface area contributed by atoms with Gasteiger partial charge in [0.15, 0.2) is 0 Å². The van der Waals surface area contributed by atoms with E-state index in [1.165, 1.54) is 44.6 Å². The molecule has 1 aromatic rings. The highest BCUT2D eigenvalue weighted by molar-refractivity contribution is 7.92. The Morgan fingerprint density at radius 2 is 1.77 bits per heavy atom. The zero-order valence-corrected chi connectivity index (χ0v) is 19.3. The maximum absolute atomic E-state index is 12.6. The molecule has 0 aliphatic heterocycles. The second-order valence-corrected chi connectivity index (χ2v) is 9.47. The van der Waals surface area contributed by atoms with Gasteiger partial charge in [0, 0.05) is 6.42 Å². The van der Waals surface area contributed by atoms with Crippen molar-refractivity contribution in [2.24, 2.45) is 0 Å². The maximum atomic E-state index is 12.6. The number of carbonyl (C=O) groups is 2. The molecule has 0 fully saturated rings. The molecule has 2 atom stereocenters. The van der Waals surface area contributed by atoms with Crippen LogP contribution in [0.4, 0.5) is 0 Å². The summed E-state index contributed by atoms with van der Waals surface area (Å²) < 4.78 is 12.6. The van der Waals surface area contributed by atoms with E-state index in [9.17, 15) is 14.1 Å². The van der Waals surface area contributed by atoms with Gasteiger partial charge < -0.3 is 14.8 Å². The van der Waals surface area contributed by atoms with Gasteiger partial charge in [0.1, 0.15) is 11.0 Å². The second kappa shape index (κ2) is 16.6. The molecule has 1 aromatic carbocycles. The third-order valence-corrected chi connectivity index (χ3v) is 6.62. The number of carboxylic acids is 2. The Kier molecular flexibility index (Phi) is 14.5. The van der Waals surface area contributed by atoms with Crippen LogP contribution in [-0.2, 0) is 22.4 Å². The quantitative estimate of drug-likeness (QED) is 0.179. The van der Waals surface area contributed by atoms with E-state index < -0.39 is 23.1 Å². The minimum atomic E-state index is -1.36. The lowest BCUT2D eigenvalue weighted by Crippen LogP contribution is -2.26. The van der Waals surface area contributed by atoms with Crippen molar-refractivity contribution in [2.75, 3.05) is 5.75 Å². The van der Waals surface area contributed by atoms with Crippen molar-refractivity contribution in [3.05, 3.63) is 59.7 Å². The van der Waals surface area contributed by atoms with Gasteiger partial charge in [0.2, 0.25) is 0 Å². The summed E-state index contributed by atoms with van der Waals surface area (Å²) in [6.45, 7) is 2.22. The fourth-order valence-corrected chi connectivity index (χ4v) is 4.56. The highest BCUT2D eigenvalue weighted by atomic mass is 32.2. The van der Waals surface area contributed by atoms with Crippen molar-refractivity contribution in [2.45, 2.75) is 76.4 Å². The van der Waals surface area contributed by atoms with Crippen molar-refractivity contribution in [3.63, 3.8) is 0 Å². The molecule has 6 heteroatoms. The first kappa shape index (κ1) is 27.0. The molecule has 2 N–H and O–H groups in total. The van der Waals surface area contributed by atoms with Crippen molar-refractivity contribution >= 4 is 23.1 Å². The summed E-state index contributed by atoms with van der Waals surface area (Å²) >= 11 is -1.36. The van der Waals surface area contributed by atoms with Gasteiger partial charge in [0.25, 0.3) is 0 Å². The molecule has 1 rings (SSSR count). The van der Waals surface area contributed by atoms with Gasteiger partial charge in [-0.1, -0.05) is 75.8 Å². The van der Waals surface area contributed by atoms with Crippen LogP contribution in [0.15, 0.2) is 48.6 Å². The molecule has 0 saturated heterocycles. The predicted molar refractivity (Wildman–Crippen MR) is 127 cm³/mol. The molecule has 0 aliphatic rings. The lowest BCUT2D eigenvalue weighted by molar-refractivity contribution is -0.136. The van der Waals surface area contributed by atoms with Crippen LogP contribution in [0.1, 0.15) is 80.6 Å². The number of aliphatic carboxylic acids is 1. The van der Waals surface area contributed by atoms with Crippen molar-refractivity contribution in [1.29, 1.82) is 0 Å². The Bertz CT molecular complexity index is 714. The van der Waals surface area contributed by atoms with Crippen LogP contribution in [0.25, 0.3) is 0 Å². The van der Waals surface area contributed by atoms with E-state index in [0.29, 0.717) is 6.42 Å². The summed E-state index contributed by atoms with van der Waals surface area (Å²) in [6, 6.07) is 6.57. The van der Waals surface area contributed by atoms with Gasteiger partial charge in [-0.05, 0) is 47.8 Å². The maximum Gasteiger partial charge on any atom is 0.335 e. The molecule has 0 spiro atoms. The van der Waals surface area contributed by atoms with Crippen LogP contribution >= 0.6 is 0 Å². The number of allylic oxidation sites excluding steroid dienone is 3. The van der Waals surface area contributed by atoms with Crippen molar-refractivity contribution < 1.29 is 24.4 Å². The Hall–Kier alpha value is -2.05. The van der Waals surface area contributed by atoms with Gasteiger partial charge >= 0.3 is 11.9 Å². The molecule has 1 unspecified atom stereocenters. The molecular formula is C25H36O5S. The van der Waals surface area contributed by atoms with Gasteiger partial charge in [-0.3, -0.25) is 4.79 Å². The first-order chi connectivity index (χ1) is 14.9. The largest absolute Gasteiger partial charge is 0.616 e. The molecule has 172 valence electrons. The molecule has 5 nitrogen and oxygen atoms in total. The smallest absolute Gasteiger partial charge is 0.335 e. The van der Waals surface area contributed by atoms with Gasteiger partial charge in [-0.25, -0.2) is 4.79 Å². The number of aromatic carboxylic acids is 1. The van der Waals surface area contributed by atoms with E-state index in [0.717, 1.165) is 18.4 Å². The highest BCUT2D eigenvalue weighted by Gasteiger charge is 2.21. The molecule has 0 aliphatic carbocycles. The summed E-state index contributed by atoms with van der Waals surface area (Å²) in [7, 11) is 0. The molecule has 0 aromatic heterocycles. The molecule has 0 heterocycles. The lowest BCUT2D eigenvalue weighted by atomic mass is 10.1. The number of rotatable bonds is 17. The monoisotopic (exact) mass is 448 g/mol. The first-order valence-corrected chi connectivity index (χ1v) is 12.6. The predicted octanol–water partition coefficient (Wildman–Crippen LogP) is 5.77. The van der Waals surface area contributed by atoms with Crippen LogP contribution in [0.5, 0.6) is 0 Å². The zero-order valence-electron chi connectivity index (χ0n) is 18.5. The minimum Gasteiger partial charge on any atom is -0.616 e. The molecule has 0 saturated carbocycles. The average Bonchev–Trinajstić information content (AvgIpc) is 2.75. The Balaban J connectivity index is 2.58. The Labute approximate surface area is 189 Å². The lowest BCUT2D eigenvalue weighted by Gasteiger charge is -2.19. The number of hydrogen-bond acceptors (Lipinski definition) is 3. The third kappa shape index (κ3) is 13.1. The minimum absolute atomic E-state index is 0.0741. The average molecular weight is 449 g/mol. The van der Waals surface area contributed by atoms with E-state index in [-0.39, 0.29) is 23.0 Å². The van der Waals surface area contributed by atoms with Crippen LogP contribution in [-0.4, -0.2) is 37.7 Å². The highest BCUT2D eigenvalue weighted by Crippen LogP contribution is 2.16. The molecule has 31 heavy (non-hydrogen) atoms. The Morgan fingerprint density at radius 1 is 1.06 bits per heavy atom. The normalized spacial score (nSPS) is 13.6. The SMILES string of the molecule is CCCCCCCCC/C=C\C=C\[C@@H](Cc1cccc(C(=O)O)c1)[S+]([O-])CCC(=O)O. The Morgan fingerprint density at radius 3 is 2.45 bits per heavy atom. The molecule has 0 bridgehead atoms. The topological polar surface area (TPSA) is 97.7 Å². The van der Waals surface area contributed by atoms with E-state index in [2.05, 4.69) is 13.0 Å². The van der Waals surface area contributed by atoms with Gasteiger partial charge in [-0.15, -0.1) is 0 Å².